The molecule has 41 heavy (non-hydrogen) atoms. The Morgan fingerprint density at radius 1 is 1.05 bits per heavy atom. The molecule has 1 fully saturated rings. The summed E-state index contributed by atoms with van der Waals surface area (Å²) in [6, 6.07) is 14.6. The van der Waals surface area contributed by atoms with Gasteiger partial charge in [-0.2, -0.15) is 0 Å². The molecule has 1 aliphatic rings. The minimum absolute atomic E-state index is 0.166. The number of rotatable bonds is 6. The van der Waals surface area contributed by atoms with Crippen LogP contribution < -0.4 is 10.5 Å². The van der Waals surface area contributed by atoms with E-state index >= 15 is 0 Å². The van der Waals surface area contributed by atoms with Crippen molar-refractivity contribution in [2.45, 2.75) is 25.0 Å². The molecule has 0 unspecified atom stereocenters. The maximum atomic E-state index is 13.9. The van der Waals surface area contributed by atoms with E-state index in [1.807, 2.05) is 11.8 Å². The quantitative estimate of drug-likeness (QED) is 0.250. The van der Waals surface area contributed by atoms with Gasteiger partial charge < -0.3 is 19.3 Å². The third-order valence-corrected chi connectivity index (χ3v) is 8.10. The molecule has 2 atom stereocenters. The minimum Gasteiger partial charge on any atom is -0.465 e. The number of nitrogens with zero attached hydrogens (tertiary/aromatic N) is 4. The SMILES string of the molecule is COC(=O)c1c(N2C[C@@H](C)N(C(c3ccc(F)cc3)c3ccc(F)cc3)C[C@@H]2CO)c2nc(Br)ccc2n(C)c1=O. The molecule has 214 valence electrons. The molecule has 11 heteroatoms. The normalized spacial score (nSPS) is 17.8. The van der Waals surface area contributed by atoms with Gasteiger partial charge in [-0.25, -0.2) is 18.6 Å². The predicted octanol–water partition coefficient (Wildman–Crippen LogP) is 4.42. The van der Waals surface area contributed by atoms with Crippen molar-refractivity contribution in [1.29, 1.82) is 0 Å². The van der Waals surface area contributed by atoms with Crippen molar-refractivity contribution in [2.75, 3.05) is 31.7 Å². The van der Waals surface area contributed by atoms with E-state index in [-0.39, 0.29) is 35.9 Å². The van der Waals surface area contributed by atoms with Crippen LogP contribution in [0.1, 0.15) is 34.5 Å². The molecular weight excluding hydrogens is 598 g/mol. The molecule has 0 spiro atoms. The van der Waals surface area contributed by atoms with Gasteiger partial charge >= 0.3 is 5.97 Å². The second-order valence-corrected chi connectivity index (χ2v) is 10.9. The second-order valence-electron chi connectivity index (χ2n) is 10.1. The number of benzene rings is 2. The fourth-order valence-corrected chi connectivity index (χ4v) is 5.96. The highest BCUT2D eigenvalue weighted by Gasteiger charge is 2.39. The number of fused-ring (bicyclic) bond motifs is 1. The molecule has 8 nitrogen and oxygen atoms in total. The van der Waals surface area contributed by atoms with Gasteiger partial charge in [-0.3, -0.25) is 9.69 Å². The largest absolute Gasteiger partial charge is 0.465 e. The summed E-state index contributed by atoms with van der Waals surface area (Å²) in [5, 5.41) is 10.7. The number of piperazine rings is 1. The molecule has 0 radical (unpaired) electrons. The average molecular weight is 627 g/mol. The summed E-state index contributed by atoms with van der Waals surface area (Å²) in [5.74, 6) is -1.54. The molecule has 0 amide bonds. The number of hydrogen-bond acceptors (Lipinski definition) is 7. The minimum atomic E-state index is -0.799. The van der Waals surface area contributed by atoms with E-state index in [1.54, 1.807) is 43.4 Å². The highest BCUT2D eigenvalue weighted by atomic mass is 79.9. The number of esters is 1. The van der Waals surface area contributed by atoms with E-state index in [9.17, 15) is 23.5 Å². The van der Waals surface area contributed by atoms with E-state index in [1.165, 1.54) is 35.9 Å². The Hall–Kier alpha value is -3.67. The van der Waals surface area contributed by atoms with Crippen LogP contribution in [0.3, 0.4) is 0 Å². The first-order chi connectivity index (χ1) is 19.6. The number of anilines is 1. The molecule has 0 bridgehead atoms. The van der Waals surface area contributed by atoms with Crippen LogP contribution in [0.4, 0.5) is 14.5 Å². The highest BCUT2D eigenvalue weighted by molar-refractivity contribution is 9.10. The number of carbonyl (C=O) groups excluding carboxylic acids is 1. The lowest BCUT2D eigenvalue weighted by molar-refractivity contribution is 0.0596. The maximum Gasteiger partial charge on any atom is 0.345 e. The zero-order valence-corrected chi connectivity index (χ0v) is 24.3. The fraction of sp³-hybridized carbons (Fsp3) is 0.300. The van der Waals surface area contributed by atoms with Gasteiger partial charge in [0.05, 0.1) is 37.0 Å². The molecule has 1 saturated heterocycles. The number of methoxy groups -OCH3 is 1. The molecule has 4 aromatic rings. The number of carbonyl (C=O) groups is 1. The summed E-state index contributed by atoms with van der Waals surface area (Å²) in [6.07, 6.45) is 0. The first-order valence-corrected chi connectivity index (χ1v) is 13.9. The van der Waals surface area contributed by atoms with Crippen molar-refractivity contribution < 1.29 is 23.4 Å². The lowest BCUT2D eigenvalue weighted by Gasteiger charge is -2.49. The summed E-state index contributed by atoms with van der Waals surface area (Å²) in [5.41, 5.74) is 2.12. The van der Waals surface area contributed by atoms with Gasteiger partial charge in [-0.15, -0.1) is 0 Å². The zero-order chi connectivity index (χ0) is 29.4. The van der Waals surface area contributed by atoms with E-state index in [0.717, 1.165) is 11.1 Å². The Bertz CT molecular complexity index is 1600. The van der Waals surface area contributed by atoms with Crippen molar-refractivity contribution in [3.63, 3.8) is 0 Å². The number of halogens is 3. The summed E-state index contributed by atoms with van der Waals surface area (Å²) >= 11 is 3.40. The molecular formula is C30H29BrF2N4O4. The number of aryl methyl sites for hydroxylation is 1. The lowest BCUT2D eigenvalue weighted by Crippen LogP contribution is -2.60. The Kier molecular flexibility index (Phi) is 8.21. The number of aliphatic hydroxyl groups is 1. The first kappa shape index (κ1) is 28.8. The van der Waals surface area contributed by atoms with Gasteiger partial charge in [0.1, 0.15) is 21.8 Å². The van der Waals surface area contributed by atoms with Crippen LogP contribution in [0.2, 0.25) is 0 Å². The van der Waals surface area contributed by atoms with Gasteiger partial charge in [0.25, 0.3) is 5.56 Å². The van der Waals surface area contributed by atoms with Crippen molar-refractivity contribution >= 4 is 38.6 Å². The average Bonchev–Trinajstić information content (AvgIpc) is 2.97. The second kappa shape index (κ2) is 11.7. The summed E-state index contributed by atoms with van der Waals surface area (Å²) in [6.45, 7) is 2.31. The number of pyridine rings is 2. The molecule has 0 saturated carbocycles. The third kappa shape index (κ3) is 5.37. The standard InChI is InChI=1S/C30H29BrF2N4O4/c1-17-14-37(28-25(30(40)41-3)29(39)35(2)23-12-13-24(31)34-26(23)28)22(16-38)15-36(17)27(18-4-8-20(32)9-5-18)19-6-10-21(33)11-7-19/h4-13,17,22,27,38H,14-16H2,1-3H3/t17-,22-/m1/s1. The van der Waals surface area contributed by atoms with Crippen LogP contribution in [0.15, 0.2) is 70.1 Å². The number of ether oxygens (including phenoxy) is 1. The van der Waals surface area contributed by atoms with Crippen molar-refractivity contribution in [3.05, 3.63) is 104 Å². The Morgan fingerprint density at radius 2 is 1.63 bits per heavy atom. The van der Waals surface area contributed by atoms with E-state index in [0.29, 0.717) is 34.4 Å². The van der Waals surface area contributed by atoms with E-state index < -0.39 is 17.6 Å². The number of aromatic nitrogens is 2. The van der Waals surface area contributed by atoms with Crippen LogP contribution >= 0.6 is 15.9 Å². The number of hydrogen-bond donors (Lipinski definition) is 1. The van der Waals surface area contributed by atoms with Crippen molar-refractivity contribution in [1.82, 2.24) is 14.5 Å². The van der Waals surface area contributed by atoms with Crippen LogP contribution in [0.25, 0.3) is 11.0 Å². The molecule has 1 aliphatic heterocycles. The third-order valence-electron chi connectivity index (χ3n) is 7.66. The zero-order valence-electron chi connectivity index (χ0n) is 22.7. The number of aliphatic hydroxyl groups excluding tert-OH is 1. The van der Waals surface area contributed by atoms with Gasteiger partial charge in [0.15, 0.2) is 5.56 Å². The molecule has 0 aliphatic carbocycles. The van der Waals surface area contributed by atoms with Gasteiger partial charge in [-0.1, -0.05) is 24.3 Å². The van der Waals surface area contributed by atoms with Crippen molar-refractivity contribution in [3.8, 4) is 0 Å². The van der Waals surface area contributed by atoms with Gasteiger partial charge in [-0.05, 0) is 70.4 Å². The predicted molar refractivity (Wildman–Crippen MR) is 155 cm³/mol. The molecule has 5 rings (SSSR count). The smallest absolute Gasteiger partial charge is 0.345 e. The summed E-state index contributed by atoms with van der Waals surface area (Å²) < 4.78 is 34.6. The van der Waals surface area contributed by atoms with Crippen LogP contribution in [-0.4, -0.2) is 64.4 Å². The lowest BCUT2D eigenvalue weighted by atomic mass is 9.93. The van der Waals surface area contributed by atoms with Gasteiger partial charge in [0.2, 0.25) is 0 Å². The van der Waals surface area contributed by atoms with Crippen molar-refractivity contribution in [2.24, 2.45) is 7.05 Å². The molecule has 2 aromatic heterocycles. The Labute approximate surface area is 243 Å². The Balaban J connectivity index is 1.65. The van der Waals surface area contributed by atoms with Crippen LogP contribution in [0.5, 0.6) is 0 Å². The summed E-state index contributed by atoms with van der Waals surface area (Å²) in [4.78, 5) is 35.1. The van der Waals surface area contributed by atoms with E-state index in [2.05, 4.69) is 25.8 Å². The molecule has 3 heterocycles. The summed E-state index contributed by atoms with van der Waals surface area (Å²) in [7, 11) is 2.78. The first-order valence-electron chi connectivity index (χ1n) is 13.1. The van der Waals surface area contributed by atoms with Crippen LogP contribution in [-0.2, 0) is 11.8 Å². The van der Waals surface area contributed by atoms with E-state index in [4.69, 9.17) is 4.74 Å². The Morgan fingerprint density at radius 3 is 2.17 bits per heavy atom. The monoisotopic (exact) mass is 626 g/mol. The molecule has 1 N–H and O–H groups in total. The van der Waals surface area contributed by atoms with Gasteiger partial charge in [0, 0.05) is 26.2 Å². The van der Waals surface area contributed by atoms with Crippen LogP contribution in [0, 0.1) is 11.6 Å². The molecule has 2 aromatic carbocycles. The highest BCUT2D eigenvalue weighted by Crippen LogP contribution is 2.37. The topological polar surface area (TPSA) is 87.9 Å². The fourth-order valence-electron chi connectivity index (χ4n) is 5.65. The maximum absolute atomic E-state index is 13.9.